The van der Waals surface area contributed by atoms with Crippen molar-refractivity contribution in [3.63, 3.8) is 0 Å². The second kappa shape index (κ2) is 5.33. The minimum atomic E-state index is -1.01. The van der Waals surface area contributed by atoms with Crippen LogP contribution < -0.4 is 5.32 Å². The molecule has 3 heterocycles. The van der Waals surface area contributed by atoms with Crippen LogP contribution in [0.1, 0.15) is 38.5 Å². The summed E-state index contributed by atoms with van der Waals surface area (Å²) in [5, 5.41) is 22.3. The monoisotopic (exact) mass is 282 g/mol. The van der Waals surface area contributed by atoms with Gasteiger partial charge in [0.2, 0.25) is 5.91 Å². The Hall–Kier alpha value is -1.14. The molecule has 20 heavy (non-hydrogen) atoms. The molecule has 3 saturated heterocycles. The number of aliphatic carboxylic acids is 1. The highest BCUT2D eigenvalue weighted by molar-refractivity contribution is 5.84. The number of rotatable bonds is 3. The number of likely N-dealkylation sites (tertiary alicyclic amines) is 1. The molecule has 6 nitrogen and oxygen atoms in total. The molecule has 1 amide bonds. The highest BCUT2D eigenvalue weighted by atomic mass is 16.4. The fourth-order valence-corrected chi connectivity index (χ4v) is 4.03. The SMILES string of the molecule is O=C(O)[C@@H]1CC(O)CN1C(=O)CC1CC2CCC(C1)N2. The summed E-state index contributed by atoms with van der Waals surface area (Å²) >= 11 is 0. The second-order valence-corrected chi connectivity index (χ2v) is 6.47. The molecule has 3 aliphatic heterocycles. The average Bonchev–Trinajstić information content (AvgIpc) is 2.93. The molecule has 3 unspecified atom stereocenters. The summed E-state index contributed by atoms with van der Waals surface area (Å²) in [5.74, 6) is -0.769. The number of piperidine rings is 1. The molecule has 0 aromatic rings. The van der Waals surface area contributed by atoms with E-state index in [0.29, 0.717) is 24.4 Å². The Bertz CT molecular complexity index is 402. The van der Waals surface area contributed by atoms with Gasteiger partial charge in [0.25, 0.3) is 0 Å². The minimum absolute atomic E-state index is 0.111. The Morgan fingerprint density at radius 1 is 1.15 bits per heavy atom. The summed E-state index contributed by atoms with van der Waals surface area (Å²) in [7, 11) is 0. The van der Waals surface area contributed by atoms with E-state index in [9.17, 15) is 14.7 Å². The average molecular weight is 282 g/mol. The summed E-state index contributed by atoms with van der Waals surface area (Å²) in [6, 6.07) is 0.216. The molecule has 0 saturated carbocycles. The molecule has 3 fully saturated rings. The Morgan fingerprint density at radius 3 is 2.40 bits per heavy atom. The van der Waals surface area contributed by atoms with Crippen LogP contribution in [0.15, 0.2) is 0 Å². The van der Waals surface area contributed by atoms with Gasteiger partial charge in [-0.25, -0.2) is 4.79 Å². The van der Waals surface area contributed by atoms with Crippen LogP contribution in [0.2, 0.25) is 0 Å². The van der Waals surface area contributed by atoms with E-state index in [4.69, 9.17) is 5.11 Å². The van der Waals surface area contributed by atoms with Gasteiger partial charge in [0.1, 0.15) is 6.04 Å². The van der Waals surface area contributed by atoms with Gasteiger partial charge in [-0.05, 0) is 31.6 Å². The molecule has 6 heteroatoms. The third-order valence-corrected chi connectivity index (χ3v) is 4.92. The number of carbonyl (C=O) groups is 2. The highest BCUT2D eigenvalue weighted by Gasteiger charge is 2.41. The van der Waals surface area contributed by atoms with Crippen molar-refractivity contribution in [3.8, 4) is 0 Å². The Balaban J connectivity index is 1.60. The predicted molar refractivity (Wildman–Crippen MR) is 71.0 cm³/mol. The second-order valence-electron chi connectivity index (χ2n) is 6.47. The maximum atomic E-state index is 12.3. The van der Waals surface area contributed by atoms with Crippen LogP contribution in [-0.2, 0) is 9.59 Å². The molecule has 0 aromatic heterocycles. The summed E-state index contributed by atoms with van der Waals surface area (Å²) in [5.41, 5.74) is 0. The maximum Gasteiger partial charge on any atom is 0.326 e. The molecule has 4 atom stereocenters. The van der Waals surface area contributed by atoms with Crippen molar-refractivity contribution in [2.75, 3.05) is 6.54 Å². The van der Waals surface area contributed by atoms with Crippen LogP contribution in [0, 0.1) is 5.92 Å². The van der Waals surface area contributed by atoms with E-state index in [2.05, 4.69) is 5.32 Å². The Kier molecular flexibility index (Phi) is 3.69. The fraction of sp³-hybridized carbons (Fsp3) is 0.857. The van der Waals surface area contributed by atoms with Gasteiger partial charge in [-0.3, -0.25) is 4.79 Å². The van der Waals surface area contributed by atoms with Crippen LogP contribution in [0.25, 0.3) is 0 Å². The number of hydrogen-bond donors (Lipinski definition) is 3. The summed E-state index contributed by atoms with van der Waals surface area (Å²) in [4.78, 5) is 24.9. The van der Waals surface area contributed by atoms with Gasteiger partial charge in [-0.1, -0.05) is 0 Å². The summed E-state index contributed by atoms with van der Waals surface area (Å²) in [6.07, 6.45) is 4.27. The van der Waals surface area contributed by atoms with Gasteiger partial charge in [-0.15, -0.1) is 0 Å². The molecular weight excluding hydrogens is 260 g/mol. The molecule has 2 bridgehead atoms. The van der Waals surface area contributed by atoms with Crippen molar-refractivity contribution in [2.24, 2.45) is 5.92 Å². The number of carboxylic acid groups (broad SMARTS) is 1. The largest absolute Gasteiger partial charge is 0.480 e. The number of fused-ring (bicyclic) bond motifs is 2. The van der Waals surface area contributed by atoms with Gasteiger partial charge in [0, 0.05) is 31.5 Å². The first-order valence-electron chi connectivity index (χ1n) is 7.49. The molecule has 3 rings (SSSR count). The van der Waals surface area contributed by atoms with Gasteiger partial charge in [0.05, 0.1) is 6.10 Å². The third-order valence-electron chi connectivity index (χ3n) is 4.92. The van der Waals surface area contributed by atoms with Gasteiger partial charge < -0.3 is 20.4 Å². The molecule has 0 spiro atoms. The normalized spacial score (nSPS) is 40.0. The van der Waals surface area contributed by atoms with E-state index in [1.807, 2.05) is 0 Å². The first-order chi connectivity index (χ1) is 9.52. The maximum absolute atomic E-state index is 12.3. The van der Waals surface area contributed by atoms with E-state index >= 15 is 0 Å². The van der Waals surface area contributed by atoms with Crippen LogP contribution in [-0.4, -0.2) is 57.8 Å². The molecule has 112 valence electrons. The number of nitrogens with zero attached hydrogens (tertiary/aromatic N) is 1. The van der Waals surface area contributed by atoms with Gasteiger partial charge >= 0.3 is 5.97 Å². The van der Waals surface area contributed by atoms with E-state index in [-0.39, 0.29) is 18.9 Å². The van der Waals surface area contributed by atoms with Crippen molar-refractivity contribution >= 4 is 11.9 Å². The zero-order valence-corrected chi connectivity index (χ0v) is 11.5. The fourth-order valence-electron chi connectivity index (χ4n) is 4.03. The molecular formula is C14H22N2O4. The van der Waals surface area contributed by atoms with Crippen LogP contribution in [0.5, 0.6) is 0 Å². The van der Waals surface area contributed by atoms with Crippen LogP contribution in [0.3, 0.4) is 0 Å². The summed E-state index contributed by atoms with van der Waals surface area (Å²) in [6.45, 7) is 0.160. The lowest BCUT2D eigenvalue weighted by Crippen LogP contribution is -2.43. The standard InChI is InChI=1S/C14H22N2O4/c17-11-6-12(14(19)20)16(7-11)13(18)5-8-3-9-1-2-10(4-8)15-9/h8-12,15,17H,1-7H2,(H,19,20)/t8?,9?,10?,11?,12-/m0/s1. The Labute approximate surface area is 118 Å². The van der Waals surface area contributed by atoms with Gasteiger partial charge in [0.15, 0.2) is 0 Å². The minimum Gasteiger partial charge on any atom is -0.480 e. The summed E-state index contributed by atoms with van der Waals surface area (Å²) < 4.78 is 0. The quantitative estimate of drug-likeness (QED) is 0.675. The van der Waals surface area contributed by atoms with E-state index in [1.165, 1.54) is 17.7 Å². The van der Waals surface area contributed by atoms with Crippen molar-refractivity contribution in [3.05, 3.63) is 0 Å². The number of β-amino-alcohol motifs (C(OH)–C–C–N with tert-alkyl or cyclic N) is 1. The molecule has 3 N–H and O–H groups in total. The lowest BCUT2D eigenvalue weighted by atomic mass is 9.89. The number of carbonyl (C=O) groups excluding carboxylic acids is 1. The number of aliphatic hydroxyl groups excluding tert-OH is 1. The van der Waals surface area contributed by atoms with Crippen LogP contribution >= 0.6 is 0 Å². The topological polar surface area (TPSA) is 89.9 Å². The zero-order chi connectivity index (χ0) is 14.3. The number of carboxylic acids is 1. The van der Waals surface area contributed by atoms with E-state index < -0.39 is 18.1 Å². The molecule has 3 aliphatic rings. The van der Waals surface area contributed by atoms with Crippen LogP contribution in [0.4, 0.5) is 0 Å². The third kappa shape index (κ3) is 2.67. The first kappa shape index (κ1) is 13.8. The number of aliphatic hydroxyl groups is 1. The van der Waals surface area contributed by atoms with Gasteiger partial charge in [-0.2, -0.15) is 0 Å². The van der Waals surface area contributed by atoms with Crippen molar-refractivity contribution in [1.82, 2.24) is 10.2 Å². The van der Waals surface area contributed by atoms with E-state index in [0.717, 1.165) is 12.8 Å². The zero-order valence-electron chi connectivity index (χ0n) is 11.5. The lowest BCUT2D eigenvalue weighted by Gasteiger charge is -2.30. The lowest BCUT2D eigenvalue weighted by molar-refractivity contribution is -0.148. The Morgan fingerprint density at radius 2 is 1.80 bits per heavy atom. The predicted octanol–water partition coefficient (Wildman–Crippen LogP) is -0.0465. The van der Waals surface area contributed by atoms with E-state index in [1.54, 1.807) is 0 Å². The van der Waals surface area contributed by atoms with Crippen molar-refractivity contribution in [1.29, 1.82) is 0 Å². The number of nitrogens with one attached hydrogen (secondary N) is 1. The van der Waals surface area contributed by atoms with Crippen molar-refractivity contribution < 1.29 is 19.8 Å². The smallest absolute Gasteiger partial charge is 0.326 e. The number of hydrogen-bond acceptors (Lipinski definition) is 4. The number of amides is 1. The first-order valence-corrected chi connectivity index (χ1v) is 7.49. The molecule has 0 aliphatic carbocycles. The molecule has 0 radical (unpaired) electrons. The molecule has 0 aromatic carbocycles. The van der Waals surface area contributed by atoms with Crippen molar-refractivity contribution in [2.45, 2.75) is 62.8 Å². The highest BCUT2D eigenvalue weighted by Crippen LogP contribution is 2.33.